The summed E-state index contributed by atoms with van der Waals surface area (Å²) in [5.74, 6) is 0. The minimum atomic E-state index is 0.285. The Morgan fingerprint density at radius 3 is 2.82 bits per heavy atom. The summed E-state index contributed by atoms with van der Waals surface area (Å²) >= 11 is 0. The van der Waals surface area contributed by atoms with Gasteiger partial charge in [-0.25, -0.2) is 0 Å². The summed E-state index contributed by atoms with van der Waals surface area (Å²) in [7, 11) is 0. The molecule has 0 aromatic carbocycles. The van der Waals surface area contributed by atoms with Gasteiger partial charge in [0, 0.05) is 24.6 Å². The normalized spacial score (nSPS) is 12.3. The first-order valence-corrected chi connectivity index (χ1v) is 5.89. The summed E-state index contributed by atoms with van der Waals surface area (Å²) in [6, 6.07) is 10.3. The highest BCUT2D eigenvalue weighted by molar-refractivity contribution is 5.10. The van der Waals surface area contributed by atoms with Crippen LogP contribution in [0.15, 0.2) is 48.9 Å². The molecule has 1 atom stereocenters. The number of nitrogens with zero attached hydrogens (tertiary/aromatic N) is 2. The van der Waals surface area contributed by atoms with Crippen molar-refractivity contribution in [1.29, 1.82) is 0 Å². The summed E-state index contributed by atoms with van der Waals surface area (Å²) in [5, 5.41) is 3.46. The monoisotopic (exact) mass is 227 g/mol. The highest BCUT2D eigenvalue weighted by atomic mass is 14.9. The van der Waals surface area contributed by atoms with E-state index in [4.69, 9.17) is 0 Å². The lowest BCUT2D eigenvalue weighted by atomic mass is 10.2. The quantitative estimate of drug-likeness (QED) is 0.852. The van der Waals surface area contributed by atoms with E-state index in [-0.39, 0.29) is 6.04 Å². The van der Waals surface area contributed by atoms with Crippen LogP contribution in [0.25, 0.3) is 0 Å². The molecule has 2 aromatic heterocycles. The number of nitrogens with one attached hydrogen (secondary N) is 1. The van der Waals surface area contributed by atoms with E-state index >= 15 is 0 Å². The first kappa shape index (κ1) is 11.7. The molecule has 0 spiro atoms. The van der Waals surface area contributed by atoms with Gasteiger partial charge in [0.25, 0.3) is 0 Å². The van der Waals surface area contributed by atoms with Crippen molar-refractivity contribution in [2.24, 2.45) is 0 Å². The van der Waals surface area contributed by atoms with Gasteiger partial charge in [-0.15, -0.1) is 0 Å². The Kier molecular flexibility index (Phi) is 4.22. The number of pyridine rings is 2. The maximum absolute atomic E-state index is 4.33. The second-order valence-electron chi connectivity index (χ2n) is 4.04. The summed E-state index contributed by atoms with van der Waals surface area (Å²) in [6.45, 7) is 3.06. The van der Waals surface area contributed by atoms with Gasteiger partial charge in [-0.05, 0) is 43.7 Å². The Morgan fingerprint density at radius 1 is 1.18 bits per heavy atom. The van der Waals surface area contributed by atoms with Crippen LogP contribution in [0.4, 0.5) is 0 Å². The van der Waals surface area contributed by atoms with Crippen molar-refractivity contribution in [1.82, 2.24) is 15.3 Å². The minimum Gasteiger partial charge on any atom is -0.309 e. The van der Waals surface area contributed by atoms with Gasteiger partial charge in [0.15, 0.2) is 0 Å². The van der Waals surface area contributed by atoms with Crippen molar-refractivity contribution in [3.05, 3.63) is 60.2 Å². The van der Waals surface area contributed by atoms with Crippen molar-refractivity contribution in [2.45, 2.75) is 19.4 Å². The van der Waals surface area contributed by atoms with Crippen LogP contribution in [-0.4, -0.2) is 16.5 Å². The first-order valence-electron chi connectivity index (χ1n) is 5.89. The average molecular weight is 227 g/mol. The molecule has 3 heteroatoms. The molecule has 0 aliphatic carbocycles. The molecule has 0 saturated heterocycles. The number of hydrogen-bond donors (Lipinski definition) is 1. The third-order valence-electron chi connectivity index (χ3n) is 2.72. The van der Waals surface area contributed by atoms with E-state index in [1.807, 2.05) is 36.7 Å². The standard InChI is InChI=1S/C14H17N3/c1-12(14-6-2-3-9-17-14)16-10-7-13-5-4-8-15-11-13/h2-6,8-9,11-12,16H,7,10H2,1H3/t12-/m0/s1. The summed E-state index contributed by atoms with van der Waals surface area (Å²) in [6.07, 6.45) is 6.53. The molecule has 0 aliphatic rings. The molecule has 0 bridgehead atoms. The second-order valence-corrected chi connectivity index (χ2v) is 4.04. The largest absolute Gasteiger partial charge is 0.309 e. The predicted molar refractivity (Wildman–Crippen MR) is 68.6 cm³/mol. The summed E-state index contributed by atoms with van der Waals surface area (Å²) in [5.41, 5.74) is 2.34. The minimum absolute atomic E-state index is 0.285. The molecule has 1 N–H and O–H groups in total. The van der Waals surface area contributed by atoms with Gasteiger partial charge >= 0.3 is 0 Å². The van der Waals surface area contributed by atoms with Crippen molar-refractivity contribution in [3.8, 4) is 0 Å². The highest BCUT2D eigenvalue weighted by Crippen LogP contribution is 2.07. The lowest BCUT2D eigenvalue weighted by Gasteiger charge is -2.12. The predicted octanol–water partition coefficient (Wildman–Crippen LogP) is 2.37. The fourth-order valence-corrected chi connectivity index (χ4v) is 1.72. The van der Waals surface area contributed by atoms with E-state index < -0.39 is 0 Å². The van der Waals surface area contributed by atoms with E-state index in [1.165, 1.54) is 5.56 Å². The van der Waals surface area contributed by atoms with Crippen LogP contribution in [0.2, 0.25) is 0 Å². The molecule has 0 unspecified atom stereocenters. The Balaban J connectivity index is 1.79. The van der Waals surface area contributed by atoms with Crippen molar-refractivity contribution in [2.75, 3.05) is 6.54 Å². The van der Waals surface area contributed by atoms with Crippen LogP contribution in [-0.2, 0) is 6.42 Å². The molecule has 0 radical (unpaired) electrons. The summed E-state index contributed by atoms with van der Waals surface area (Å²) < 4.78 is 0. The Hall–Kier alpha value is -1.74. The van der Waals surface area contributed by atoms with Crippen molar-refractivity contribution in [3.63, 3.8) is 0 Å². The van der Waals surface area contributed by atoms with Crippen LogP contribution in [0.1, 0.15) is 24.2 Å². The molecule has 17 heavy (non-hydrogen) atoms. The third kappa shape index (κ3) is 3.64. The molecule has 0 fully saturated rings. The molecule has 0 saturated carbocycles. The molecule has 88 valence electrons. The zero-order valence-electron chi connectivity index (χ0n) is 10.0. The number of rotatable bonds is 5. The Morgan fingerprint density at radius 2 is 2.12 bits per heavy atom. The summed E-state index contributed by atoms with van der Waals surface area (Å²) in [4.78, 5) is 8.43. The van der Waals surface area contributed by atoms with Crippen LogP contribution in [0.3, 0.4) is 0 Å². The second kappa shape index (κ2) is 6.11. The molecule has 0 amide bonds. The molecule has 0 aliphatic heterocycles. The van der Waals surface area contributed by atoms with Gasteiger partial charge in [-0.2, -0.15) is 0 Å². The highest BCUT2D eigenvalue weighted by Gasteiger charge is 2.04. The van der Waals surface area contributed by atoms with Crippen LogP contribution in [0.5, 0.6) is 0 Å². The Labute approximate surface area is 102 Å². The lowest BCUT2D eigenvalue weighted by molar-refractivity contribution is 0.564. The zero-order valence-corrected chi connectivity index (χ0v) is 10.0. The van der Waals surface area contributed by atoms with Gasteiger partial charge < -0.3 is 5.32 Å². The molecule has 2 heterocycles. The molecule has 3 nitrogen and oxygen atoms in total. The van der Waals surface area contributed by atoms with Crippen molar-refractivity contribution < 1.29 is 0 Å². The Bertz CT molecular complexity index is 428. The number of hydrogen-bond acceptors (Lipinski definition) is 3. The topological polar surface area (TPSA) is 37.8 Å². The SMILES string of the molecule is C[C@H](NCCc1cccnc1)c1ccccn1. The van der Waals surface area contributed by atoms with Gasteiger partial charge in [0.1, 0.15) is 0 Å². The average Bonchev–Trinajstić information content (AvgIpc) is 2.41. The molecule has 2 aromatic rings. The molecule has 2 rings (SSSR count). The van der Waals surface area contributed by atoms with Gasteiger partial charge in [-0.1, -0.05) is 12.1 Å². The van der Waals surface area contributed by atoms with Crippen molar-refractivity contribution >= 4 is 0 Å². The van der Waals surface area contributed by atoms with Crippen LogP contribution < -0.4 is 5.32 Å². The fourth-order valence-electron chi connectivity index (χ4n) is 1.72. The van der Waals surface area contributed by atoms with Gasteiger partial charge in [0.05, 0.1) is 5.69 Å². The van der Waals surface area contributed by atoms with E-state index in [0.29, 0.717) is 0 Å². The van der Waals surface area contributed by atoms with E-state index in [2.05, 4.69) is 28.3 Å². The van der Waals surface area contributed by atoms with E-state index in [9.17, 15) is 0 Å². The maximum atomic E-state index is 4.33. The van der Waals surface area contributed by atoms with Gasteiger partial charge in [0.2, 0.25) is 0 Å². The number of aromatic nitrogens is 2. The molecular formula is C14H17N3. The third-order valence-corrected chi connectivity index (χ3v) is 2.72. The molecular weight excluding hydrogens is 210 g/mol. The smallest absolute Gasteiger partial charge is 0.0570 e. The van der Waals surface area contributed by atoms with Crippen LogP contribution >= 0.6 is 0 Å². The first-order chi connectivity index (χ1) is 8.36. The fraction of sp³-hybridized carbons (Fsp3) is 0.286. The van der Waals surface area contributed by atoms with Gasteiger partial charge in [-0.3, -0.25) is 9.97 Å². The lowest BCUT2D eigenvalue weighted by Crippen LogP contribution is -2.22. The van der Waals surface area contributed by atoms with E-state index in [0.717, 1.165) is 18.7 Å². The van der Waals surface area contributed by atoms with Crippen LogP contribution in [0, 0.1) is 0 Å². The maximum Gasteiger partial charge on any atom is 0.0570 e. The zero-order chi connectivity index (χ0) is 11.9. The van der Waals surface area contributed by atoms with E-state index in [1.54, 1.807) is 6.20 Å².